The number of amides is 1. The third kappa shape index (κ3) is 4.15. The van der Waals surface area contributed by atoms with Crippen LogP contribution in [0.4, 0.5) is 4.39 Å². The average molecular weight is 316 g/mol. The highest BCUT2D eigenvalue weighted by Gasteiger charge is 2.29. The van der Waals surface area contributed by atoms with Crippen LogP contribution in [0.1, 0.15) is 12.8 Å². The molecule has 0 unspecified atom stereocenters. The number of ether oxygens (including phenoxy) is 1. The van der Waals surface area contributed by atoms with E-state index in [1.165, 1.54) is 19.2 Å². The van der Waals surface area contributed by atoms with Gasteiger partial charge in [0.2, 0.25) is 15.9 Å². The Bertz CT molecular complexity index is 629. The van der Waals surface area contributed by atoms with Gasteiger partial charge in [0, 0.05) is 19.0 Å². The van der Waals surface area contributed by atoms with E-state index in [1.54, 1.807) is 0 Å². The van der Waals surface area contributed by atoms with Crippen LogP contribution in [0.15, 0.2) is 23.1 Å². The second-order valence-corrected chi connectivity index (χ2v) is 6.53. The van der Waals surface area contributed by atoms with E-state index in [0.29, 0.717) is 0 Å². The minimum Gasteiger partial charge on any atom is -0.494 e. The maximum atomic E-state index is 13.5. The van der Waals surface area contributed by atoms with Crippen molar-refractivity contribution in [3.05, 3.63) is 24.0 Å². The number of benzene rings is 1. The molecule has 1 fully saturated rings. The number of rotatable bonds is 7. The Hall–Kier alpha value is -1.67. The van der Waals surface area contributed by atoms with Crippen molar-refractivity contribution in [1.29, 1.82) is 0 Å². The van der Waals surface area contributed by atoms with Crippen molar-refractivity contribution in [2.75, 3.05) is 20.2 Å². The van der Waals surface area contributed by atoms with Gasteiger partial charge in [0.25, 0.3) is 0 Å². The smallest absolute Gasteiger partial charge is 0.240 e. The lowest BCUT2D eigenvalue weighted by Crippen LogP contribution is -2.35. The summed E-state index contributed by atoms with van der Waals surface area (Å²) in [5.41, 5.74) is 0. The van der Waals surface area contributed by atoms with Crippen molar-refractivity contribution in [2.24, 2.45) is 5.92 Å². The first-order valence-electron chi connectivity index (χ1n) is 6.55. The van der Waals surface area contributed by atoms with E-state index >= 15 is 0 Å². The number of methoxy groups -OCH3 is 1. The molecule has 1 aromatic carbocycles. The monoisotopic (exact) mass is 316 g/mol. The fraction of sp³-hybridized carbons (Fsp3) is 0.462. The molecule has 1 aliphatic rings. The normalized spacial score (nSPS) is 14.8. The lowest BCUT2D eigenvalue weighted by Gasteiger charge is -2.09. The second-order valence-electron chi connectivity index (χ2n) is 4.76. The zero-order valence-corrected chi connectivity index (χ0v) is 12.4. The van der Waals surface area contributed by atoms with Crippen LogP contribution < -0.4 is 14.8 Å². The molecule has 116 valence electrons. The van der Waals surface area contributed by atoms with Crippen molar-refractivity contribution in [1.82, 2.24) is 10.0 Å². The van der Waals surface area contributed by atoms with Crippen molar-refractivity contribution >= 4 is 15.9 Å². The second kappa shape index (κ2) is 6.40. The van der Waals surface area contributed by atoms with Crippen molar-refractivity contribution in [3.8, 4) is 5.75 Å². The Morgan fingerprint density at radius 3 is 2.67 bits per heavy atom. The summed E-state index contributed by atoms with van der Waals surface area (Å²) in [6, 6.07) is 3.40. The Morgan fingerprint density at radius 2 is 2.10 bits per heavy atom. The fourth-order valence-corrected chi connectivity index (χ4v) is 2.80. The molecule has 1 amide bonds. The fourth-order valence-electron chi connectivity index (χ4n) is 1.76. The topological polar surface area (TPSA) is 84.5 Å². The minimum atomic E-state index is -3.81. The number of halogens is 1. The van der Waals surface area contributed by atoms with Crippen molar-refractivity contribution < 1.29 is 22.3 Å². The molecule has 8 heteroatoms. The highest BCUT2D eigenvalue weighted by atomic mass is 32.2. The molecule has 0 atom stereocenters. The third-order valence-electron chi connectivity index (χ3n) is 3.10. The minimum absolute atomic E-state index is 0.0225. The summed E-state index contributed by atoms with van der Waals surface area (Å²) in [5, 5.41) is 2.64. The molecule has 0 heterocycles. The Balaban J connectivity index is 1.88. The molecule has 0 radical (unpaired) electrons. The standard InChI is InChI=1S/C13H17FN2O4S/c1-20-12-5-4-10(8-11(12)14)21(18,19)16-7-6-15-13(17)9-2-3-9/h4-5,8-9,16H,2-3,6-7H2,1H3,(H,15,17). The van der Waals surface area contributed by atoms with Crippen LogP contribution in [0.2, 0.25) is 0 Å². The molecule has 0 aromatic heterocycles. The number of sulfonamides is 1. The highest BCUT2D eigenvalue weighted by molar-refractivity contribution is 7.89. The zero-order chi connectivity index (χ0) is 15.5. The SMILES string of the molecule is COc1ccc(S(=O)(=O)NCCNC(=O)C2CC2)cc1F. The molecule has 0 bridgehead atoms. The van der Waals surface area contributed by atoms with Gasteiger partial charge in [0.05, 0.1) is 12.0 Å². The van der Waals surface area contributed by atoms with Gasteiger partial charge in [-0.1, -0.05) is 0 Å². The average Bonchev–Trinajstić information content (AvgIpc) is 3.28. The molecule has 1 aromatic rings. The van der Waals surface area contributed by atoms with Crippen LogP contribution in [0, 0.1) is 11.7 Å². The first-order chi connectivity index (χ1) is 9.94. The maximum Gasteiger partial charge on any atom is 0.240 e. The zero-order valence-electron chi connectivity index (χ0n) is 11.6. The molecular weight excluding hydrogens is 299 g/mol. The first-order valence-corrected chi connectivity index (χ1v) is 8.03. The predicted octanol–water partition coefficient (Wildman–Crippen LogP) is 0.639. The Morgan fingerprint density at radius 1 is 1.38 bits per heavy atom. The maximum absolute atomic E-state index is 13.5. The summed E-state index contributed by atoms with van der Waals surface area (Å²) < 4.78 is 44.4. The van der Waals surface area contributed by atoms with Crippen LogP contribution >= 0.6 is 0 Å². The van der Waals surface area contributed by atoms with Gasteiger partial charge in [-0.2, -0.15) is 0 Å². The van der Waals surface area contributed by atoms with E-state index < -0.39 is 15.8 Å². The molecular formula is C13H17FN2O4S. The van der Waals surface area contributed by atoms with Gasteiger partial charge in [0.1, 0.15) is 0 Å². The first kappa shape index (κ1) is 15.7. The lowest BCUT2D eigenvalue weighted by molar-refractivity contribution is -0.122. The van der Waals surface area contributed by atoms with Gasteiger partial charge in [-0.25, -0.2) is 17.5 Å². The summed E-state index contributed by atoms with van der Waals surface area (Å²) in [7, 11) is -2.51. The number of hydrogen-bond acceptors (Lipinski definition) is 4. The summed E-state index contributed by atoms with van der Waals surface area (Å²) >= 11 is 0. The van der Waals surface area contributed by atoms with E-state index in [1.807, 2.05) is 0 Å². The van der Waals surface area contributed by atoms with E-state index in [0.717, 1.165) is 18.9 Å². The molecule has 21 heavy (non-hydrogen) atoms. The molecule has 2 N–H and O–H groups in total. The lowest BCUT2D eigenvalue weighted by atomic mass is 10.3. The molecule has 6 nitrogen and oxygen atoms in total. The number of carbonyl (C=O) groups excluding carboxylic acids is 1. The molecule has 1 saturated carbocycles. The van der Waals surface area contributed by atoms with Crippen molar-refractivity contribution in [3.63, 3.8) is 0 Å². The summed E-state index contributed by atoms with van der Waals surface area (Å²) in [6.07, 6.45) is 1.78. The number of nitrogens with one attached hydrogen (secondary N) is 2. The quantitative estimate of drug-likeness (QED) is 0.723. The van der Waals surface area contributed by atoms with Gasteiger partial charge in [-0.3, -0.25) is 4.79 Å². The van der Waals surface area contributed by atoms with E-state index in [2.05, 4.69) is 10.0 Å². The Kier molecular flexibility index (Phi) is 4.79. The summed E-state index contributed by atoms with van der Waals surface area (Å²) in [6.45, 7) is 0.252. The van der Waals surface area contributed by atoms with Gasteiger partial charge in [-0.15, -0.1) is 0 Å². The largest absolute Gasteiger partial charge is 0.494 e. The van der Waals surface area contributed by atoms with E-state index in [9.17, 15) is 17.6 Å². The van der Waals surface area contributed by atoms with Crippen LogP contribution in [0.25, 0.3) is 0 Å². The summed E-state index contributed by atoms with van der Waals surface area (Å²) in [4.78, 5) is 11.2. The molecule has 0 saturated heterocycles. The van der Waals surface area contributed by atoms with Gasteiger partial charge in [0.15, 0.2) is 11.6 Å². The van der Waals surface area contributed by atoms with Crippen LogP contribution in [-0.2, 0) is 14.8 Å². The van der Waals surface area contributed by atoms with Gasteiger partial charge >= 0.3 is 0 Å². The van der Waals surface area contributed by atoms with Crippen LogP contribution in [-0.4, -0.2) is 34.5 Å². The molecule has 0 aliphatic heterocycles. The van der Waals surface area contributed by atoms with Crippen molar-refractivity contribution in [2.45, 2.75) is 17.7 Å². The summed E-state index contributed by atoms with van der Waals surface area (Å²) in [5.74, 6) is -0.741. The third-order valence-corrected chi connectivity index (χ3v) is 4.56. The molecule has 2 rings (SSSR count). The van der Waals surface area contributed by atoms with Gasteiger partial charge < -0.3 is 10.1 Å². The van der Waals surface area contributed by atoms with E-state index in [-0.39, 0.29) is 35.6 Å². The van der Waals surface area contributed by atoms with Crippen LogP contribution in [0.5, 0.6) is 5.75 Å². The number of hydrogen-bond donors (Lipinski definition) is 2. The molecule has 0 spiro atoms. The van der Waals surface area contributed by atoms with Crippen LogP contribution in [0.3, 0.4) is 0 Å². The Labute approximate surface area is 122 Å². The number of carbonyl (C=O) groups is 1. The van der Waals surface area contributed by atoms with Gasteiger partial charge in [-0.05, 0) is 31.0 Å². The predicted molar refractivity (Wildman–Crippen MR) is 73.9 cm³/mol. The highest BCUT2D eigenvalue weighted by Crippen LogP contribution is 2.28. The molecule has 1 aliphatic carbocycles. The van der Waals surface area contributed by atoms with E-state index in [4.69, 9.17) is 4.74 Å².